The molecule has 0 unspecified atom stereocenters. The maximum atomic E-state index is 12.8. The van der Waals surface area contributed by atoms with Crippen LogP contribution in [-0.4, -0.2) is 34.0 Å². The number of nitrogens with zero attached hydrogens (tertiary/aromatic N) is 3. The van der Waals surface area contributed by atoms with Crippen LogP contribution in [0.1, 0.15) is 43.0 Å². The molecule has 0 saturated carbocycles. The van der Waals surface area contributed by atoms with Gasteiger partial charge in [0.2, 0.25) is 11.8 Å². The summed E-state index contributed by atoms with van der Waals surface area (Å²) in [5.41, 5.74) is 0.815. The number of hydrogen-bond donors (Lipinski definition) is 0. The van der Waals surface area contributed by atoms with Crippen molar-refractivity contribution in [3.63, 3.8) is 0 Å². The standard InChI is InChI=1S/C16H18FN3O2/c1-10(2)15-18-16(22-19-15)12-8-20(9-12)14(21)7-11-3-5-13(17)6-4-11/h3-6,10,12H,7-9H2,1-2H3. The fourth-order valence-electron chi connectivity index (χ4n) is 2.37. The van der Waals surface area contributed by atoms with Crippen molar-refractivity contribution in [3.8, 4) is 0 Å². The van der Waals surface area contributed by atoms with Crippen LogP contribution in [0.3, 0.4) is 0 Å². The van der Waals surface area contributed by atoms with Gasteiger partial charge in [-0.05, 0) is 17.7 Å². The van der Waals surface area contributed by atoms with Crippen LogP contribution < -0.4 is 0 Å². The Kier molecular flexibility index (Phi) is 3.92. The maximum Gasteiger partial charge on any atom is 0.233 e. The molecule has 6 heteroatoms. The molecule has 22 heavy (non-hydrogen) atoms. The summed E-state index contributed by atoms with van der Waals surface area (Å²) in [4.78, 5) is 18.3. The molecule has 0 N–H and O–H groups in total. The van der Waals surface area contributed by atoms with Gasteiger partial charge in [-0.1, -0.05) is 31.1 Å². The zero-order valence-electron chi connectivity index (χ0n) is 12.6. The molecule has 1 aliphatic rings. The van der Waals surface area contributed by atoms with Crippen molar-refractivity contribution >= 4 is 5.91 Å². The highest BCUT2D eigenvalue weighted by molar-refractivity contribution is 5.79. The molecule has 1 aromatic heterocycles. The number of halogens is 1. The molecule has 0 atom stereocenters. The second-order valence-electron chi connectivity index (χ2n) is 5.94. The monoisotopic (exact) mass is 303 g/mol. The first-order valence-corrected chi connectivity index (χ1v) is 7.38. The molecule has 1 amide bonds. The van der Waals surface area contributed by atoms with Gasteiger partial charge in [-0.3, -0.25) is 4.79 Å². The van der Waals surface area contributed by atoms with E-state index >= 15 is 0 Å². The van der Waals surface area contributed by atoms with Crippen LogP contribution in [0.5, 0.6) is 0 Å². The normalized spacial score (nSPS) is 15.2. The molecule has 116 valence electrons. The number of rotatable bonds is 4. The summed E-state index contributed by atoms with van der Waals surface area (Å²) in [7, 11) is 0. The van der Waals surface area contributed by atoms with E-state index in [0.29, 0.717) is 24.8 Å². The predicted molar refractivity (Wildman–Crippen MR) is 77.8 cm³/mol. The Morgan fingerprint density at radius 2 is 2.05 bits per heavy atom. The van der Waals surface area contributed by atoms with Crippen molar-refractivity contribution in [1.29, 1.82) is 0 Å². The molecule has 2 heterocycles. The van der Waals surface area contributed by atoms with Gasteiger partial charge in [-0.15, -0.1) is 0 Å². The van der Waals surface area contributed by atoms with Crippen molar-refractivity contribution in [3.05, 3.63) is 47.4 Å². The van der Waals surface area contributed by atoms with Gasteiger partial charge >= 0.3 is 0 Å². The lowest BCUT2D eigenvalue weighted by atomic mass is 9.98. The fourth-order valence-corrected chi connectivity index (χ4v) is 2.37. The topological polar surface area (TPSA) is 59.2 Å². The summed E-state index contributed by atoms with van der Waals surface area (Å²) in [6.07, 6.45) is 0.286. The van der Waals surface area contributed by atoms with Crippen LogP contribution in [0.4, 0.5) is 4.39 Å². The van der Waals surface area contributed by atoms with Gasteiger partial charge in [-0.2, -0.15) is 4.98 Å². The quantitative estimate of drug-likeness (QED) is 0.870. The zero-order valence-corrected chi connectivity index (χ0v) is 12.6. The number of carbonyl (C=O) groups excluding carboxylic acids is 1. The Balaban J connectivity index is 1.53. The lowest BCUT2D eigenvalue weighted by Crippen LogP contribution is -2.49. The third kappa shape index (κ3) is 3.00. The Labute approximate surface area is 128 Å². The first-order valence-electron chi connectivity index (χ1n) is 7.38. The van der Waals surface area contributed by atoms with Gasteiger partial charge in [-0.25, -0.2) is 4.39 Å². The zero-order chi connectivity index (χ0) is 15.7. The molecule has 1 aromatic carbocycles. The van der Waals surface area contributed by atoms with E-state index in [2.05, 4.69) is 10.1 Å². The van der Waals surface area contributed by atoms with Crippen LogP contribution in [-0.2, 0) is 11.2 Å². The highest BCUT2D eigenvalue weighted by Gasteiger charge is 2.35. The molecule has 0 aliphatic carbocycles. The average Bonchev–Trinajstić information content (AvgIpc) is 2.89. The summed E-state index contributed by atoms with van der Waals surface area (Å²) in [6.45, 7) is 5.21. The second kappa shape index (κ2) is 5.87. The molecule has 1 fully saturated rings. The van der Waals surface area contributed by atoms with E-state index in [1.54, 1.807) is 17.0 Å². The molecular formula is C16H18FN3O2. The SMILES string of the molecule is CC(C)c1noc(C2CN(C(=O)Cc3ccc(F)cc3)C2)n1. The summed E-state index contributed by atoms with van der Waals surface area (Å²) < 4.78 is 18.1. The minimum absolute atomic E-state index is 0.0338. The van der Waals surface area contributed by atoms with Crippen molar-refractivity contribution < 1.29 is 13.7 Å². The van der Waals surface area contributed by atoms with Crippen molar-refractivity contribution in [1.82, 2.24) is 15.0 Å². The molecule has 2 aromatic rings. The third-order valence-corrected chi connectivity index (χ3v) is 3.83. The minimum Gasteiger partial charge on any atom is -0.341 e. The van der Waals surface area contributed by atoms with Crippen molar-refractivity contribution in [2.24, 2.45) is 0 Å². The fraction of sp³-hybridized carbons (Fsp3) is 0.438. The Hall–Kier alpha value is -2.24. The number of benzene rings is 1. The lowest BCUT2D eigenvalue weighted by Gasteiger charge is -2.37. The lowest BCUT2D eigenvalue weighted by molar-refractivity contribution is -0.135. The summed E-state index contributed by atoms with van der Waals surface area (Å²) in [5, 5.41) is 3.94. The van der Waals surface area contributed by atoms with Gasteiger partial charge in [0.05, 0.1) is 12.3 Å². The highest BCUT2D eigenvalue weighted by atomic mass is 19.1. The number of carbonyl (C=O) groups is 1. The molecule has 0 bridgehead atoms. The number of hydrogen-bond acceptors (Lipinski definition) is 4. The van der Waals surface area contributed by atoms with Gasteiger partial charge in [0, 0.05) is 19.0 Å². The first-order chi connectivity index (χ1) is 10.5. The van der Waals surface area contributed by atoms with Crippen LogP contribution >= 0.6 is 0 Å². The Morgan fingerprint density at radius 1 is 1.36 bits per heavy atom. The summed E-state index contributed by atoms with van der Waals surface area (Å²) in [6, 6.07) is 6.01. The smallest absolute Gasteiger partial charge is 0.233 e. The highest BCUT2D eigenvalue weighted by Crippen LogP contribution is 2.27. The summed E-state index contributed by atoms with van der Waals surface area (Å²) in [5.74, 6) is 1.40. The maximum absolute atomic E-state index is 12.8. The van der Waals surface area contributed by atoms with Gasteiger partial charge in [0.25, 0.3) is 0 Å². The van der Waals surface area contributed by atoms with Crippen LogP contribution in [0.15, 0.2) is 28.8 Å². The number of aromatic nitrogens is 2. The van der Waals surface area contributed by atoms with Gasteiger partial charge in [0.15, 0.2) is 5.82 Å². The van der Waals surface area contributed by atoms with Crippen molar-refractivity contribution in [2.75, 3.05) is 13.1 Å². The van der Waals surface area contributed by atoms with Crippen molar-refractivity contribution in [2.45, 2.75) is 32.1 Å². The molecule has 0 radical (unpaired) electrons. The van der Waals surface area contributed by atoms with E-state index in [9.17, 15) is 9.18 Å². The molecule has 3 rings (SSSR count). The van der Waals surface area contributed by atoms with Gasteiger partial charge < -0.3 is 9.42 Å². The Morgan fingerprint density at radius 3 is 2.64 bits per heavy atom. The molecule has 0 spiro atoms. The molecule has 1 saturated heterocycles. The summed E-state index contributed by atoms with van der Waals surface area (Å²) >= 11 is 0. The predicted octanol–water partition coefficient (Wildman–Crippen LogP) is 2.50. The Bertz CT molecular complexity index is 660. The van der Waals surface area contributed by atoms with E-state index in [-0.39, 0.29) is 30.0 Å². The number of likely N-dealkylation sites (tertiary alicyclic amines) is 1. The largest absolute Gasteiger partial charge is 0.341 e. The van der Waals surface area contributed by atoms with E-state index in [0.717, 1.165) is 5.56 Å². The molecule has 1 aliphatic heterocycles. The van der Waals surface area contributed by atoms with E-state index in [1.165, 1.54) is 12.1 Å². The second-order valence-corrected chi connectivity index (χ2v) is 5.94. The molecular weight excluding hydrogens is 285 g/mol. The van der Waals surface area contributed by atoms with Gasteiger partial charge in [0.1, 0.15) is 5.82 Å². The van der Waals surface area contributed by atoms with E-state index < -0.39 is 0 Å². The first kappa shape index (κ1) is 14.7. The van der Waals surface area contributed by atoms with Crippen LogP contribution in [0.2, 0.25) is 0 Å². The van der Waals surface area contributed by atoms with E-state index in [1.807, 2.05) is 13.8 Å². The minimum atomic E-state index is -0.294. The van der Waals surface area contributed by atoms with Crippen LogP contribution in [0.25, 0.3) is 0 Å². The average molecular weight is 303 g/mol. The van der Waals surface area contributed by atoms with Crippen LogP contribution in [0, 0.1) is 5.82 Å². The van der Waals surface area contributed by atoms with E-state index in [4.69, 9.17) is 4.52 Å². The number of amides is 1. The third-order valence-electron chi connectivity index (χ3n) is 3.83. The molecule has 5 nitrogen and oxygen atoms in total.